The number of likely N-dealkylation sites (tertiary alicyclic amines) is 1. The van der Waals surface area contributed by atoms with Crippen LogP contribution in [0.15, 0.2) is 24.3 Å². The summed E-state index contributed by atoms with van der Waals surface area (Å²) >= 11 is 0. The highest BCUT2D eigenvalue weighted by molar-refractivity contribution is 5.69. The normalized spacial score (nSPS) is 18.7. The van der Waals surface area contributed by atoms with Crippen LogP contribution in [0.4, 0.5) is 0 Å². The first kappa shape index (κ1) is 14.9. The lowest BCUT2D eigenvalue weighted by Gasteiger charge is -2.39. The van der Waals surface area contributed by atoms with Crippen molar-refractivity contribution in [3.8, 4) is 5.75 Å². The Morgan fingerprint density at radius 2 is 2.00 bits per heavy atom. The maximum atomic E-state index is 11.3. The van der Waals surface area contributed by atoms with Gasteiger partial charge in [-0.05, 0) is 45.8 Å². The van der Waals surface area contributed by atoms with Gasteiger partial charge in [-0.1, -0.05) is 18.2 Å². The van der Waals surface area contributed by atoms with E-state index in [4.69, 9.17) is 4.74 Å². The summed E-state index contributed by atoms with van der Waals surface area (Å²) in [6, 6.07) is 7.80. The zero-order chi connectivity index (χ0) is 14.6. The molecule has 1 atom stereocenters. The van der Waals surface area contributed by atoms with Gasteiger partial charge in [0, 0.05) is 5.56 Å². The number of nitrogens with zero attached hydrogens (tertiary/aromatic N) is 1. The number of benzene rings is 1. The van der Waals surface area contributed by atoms with Crippen LogP contribution in [-0.4, -0.2) is 35.7 Å². The lowest BCUT2D eigenvalue weighted by Crippen LogP contribution is -2.44. The van der Waals surface area contributed by atoms with Crippen LogP contribution >= 0.6 is 0 Å². The van der Waals surface area contributed by atoms with Crippen molar-refractivity contribution in [3.05, 3.63) is 29.8 Å². The van der Waals surface area contributed by atoms with Crippen LogP contribution in [0.5, 0.6) is 5.75 Å². The Morgan fingerprint density at radius 1 is 1.35 bits per heavy atom. The Balaban J connectivity index is 2.42. The lowest BCUT2D eigenvalue weighted by molar-refractivity contribution is -0.140. The second kappa shape index (κ2) is 6.27. The summed E-state index contributed by atoms with van der Waals surface area (Å²) in [6.07, 6.45) is 2.36. The molecule has 0 aromatic heterocycles. The van der Waals surface area contributed by atoms with Crippen molar-refractivity contribution in [2.24, 2.45) is 0 Å². The monoisotopic (exact) mass is 277 g/mol. The van der Waals surface area contributed by atoms with E-state index in [-0.39, 0.29) is 6.42 Å². The second-order valence-electron chi connectivity index (χ2n) is 5.47. The largest absolute Gasteiger partial charge is 0.494 e. The summed E-state index contributed by atoms with van der Waals surface area (Å²) in [5.41, 5.74) is 0.472. The molecule has 20 heavy (non-hydrogen) atoms. The molecule has 1 saturated heterocycles. The summed E-state index contributed by atoms with van der Waals surface area (Å²) in [5.74, 6) is 0.0244. The third kappa shape index (κ3) is 2.96. The first-order valence-electron chi connectivity index (χ1n) is 7.27. The zero-order valence-electron chi connectivity index (χ0n) is 12.3. The third-order valence-corrected chi connectivity index (χ3v) is 4.07. The van der Waals surface area contributed by atoms with Gasteiger partial charge in [0.25, 0.3) is 0 Å². The van der Waals surface area contributed by atoms with E-state index in [0.29, 0.717) is 6.61 Å². The molecule has 0 radical (unpaired) electrons. The molecule has 0 saturated carbocycles. The highest BCUT2D eigenvalue weighted by Gasteiger charge is 2.39. The first-order chi connectivity index (χ1) is 9.58. The van der Waals surface area contributed by atoms with Crippen molar-refractivity contribution in [2.45, 2.75) is 38.6 Å². The minimum Gasteiger partial charge on any atom is -0.494 e. The van der Waals surface area contributed by atoms with Gasteiger partial charge < -0.3 is 9.84 Å². The van der Waals surface area contributed by atoms with Crippen LogP contribution in [0.2, 0.25) is 0 Å². The molecule has 1 aromatic carbocycles. The van der Waals surface area contributed by atoms with E-state index in [2.05, 4.69) is 4.90 Å². The minimum absolute atomic E-state index is 0.0943. The molecule has 1 N–H and O–H groups in total. The quantitative estimate of drug-likeness (QED) is 0.868. The second-order valence-corrected chi connectivity index (χ2v) is 5.47. The maximum Gasteiger partial charge on any atom is 0.305 e. The van der Waals surface area contributed by atoms with Gasteiger partial charge in [0.15, 0.2) is 0 Å². The van der Waals surface area contributed by atoms with Gasteiger partial charge in [0.1, 0.15) is 5.75 Å². The number of ether oxygens (including phenoxy) is 1. The standard InChI is InChI=1S/C16H23NO3/c1-3-20-14-9-5-4-8-13(14)16(2,12-15(18)19)17-10-6-7-11-17/h4-5,8-9H,3,6-7,10-12H2,1-2H3,(H,18,19). The summed E-state index contributed by atoms with van der Waals surface area (Å²) in [7, 11) is 0. The Morgan fingerprint density at radius 3 is 2.60 bits per heavy atom. The van der Waals surface area contributed by atoms with E-state index in [1.807, 2.05) is 38.1 Å². The summed E-state index contributed by atoms with van der Waals surface area (Å²) in [6.45, 7) is 6.44. The molecule has 4 heteroatoms. The number of hydrogen-bond acceptors (Lipinski definition) is 3. The highest BCUT2D eigenvalue weighted by Crippen LogP contribution is 2.39. The van der Waals surface area contributed by atoms with Gasteiger partial charge in [0.2, 0.25) is 0 Å². The first-order valence-corrected chi connectivity index (χ1v) is 7.27. The number of aliphatic carboxylic acids is 1. The minimum atomic E-state index is -0.772. The Bertz CT molecular complexity index is 469. The van der Waals surface area contributed by atoms with Crippen molar-refractivity contribution < 1.29 is 14.6 Å². The van der Waals surface area contributed by atoms with E-state index < -0.39 is 11.5 Å². The molecule has 4 nitrogen and oxygen atoms in total. The molecule has 1 unspecified atom stereocenters. The molecular weight excluding hydrogens is 254 g/mol. The van der Waals surface area contributed by atoms with Crippen LogP contribution in [-0.2, 0) is 10.3 Å². The molecule has 0 spiro atoms. The van der Waals surface area contributed by atoms with Gasteiger partial charge in [-0.15, -0.1) is 0 Å². The molecular formula is C16H23NO3. The summed E-state index contributed by atoms with van der Waals surface area (Å²) < 4.78 is 5.70. The van der Waals surface area contributed by atoms with Crippen LogP contribution < -0.4 is 4.74 Å². The number of para-hydroxylation sites is 1. The van der Waals surface area contributed by atoms with Gasteiger partial charge in [-0.2, -0.15) is 0 Å². The van der Waals surface area contributed by atoms with Crippen LogP contribution in [0.3, 0.4) is 0 Å². The summed E-state index contributed by atoms with van der Waals surface area (Å²) in [5, 5.41) is 9.32. The average molecular weight is 277 g/mol. The fourth-order valence-electron chi connectivity index (χ4n) is 3.08. The number of carbonyl (C=O) groups is 1. The lowest BCUT2D eigenvalue weighted by atomic mass is 9.86. The number of rotatable bonds is 6. The molecule has 0 amide bonds. The van der Waals surface area contributed by atoms with Crippen molar-refractivity contribution in [1.29, 1.82) is 0 Å². The third-order valence-electron chi connectivity index (χ3n) is 4.07. The Kier molecular flexibility index (Phi) is 4.65. The molecule has 110 valence electrons. The fourth-order valence-corrected chi connectivity index (χ4v) is 3.08. The Labute approximate surface area is 120 Å². The topological polar surface area (TPSA) is 49.8 Å². The molecule has 1 aliphatic rings. The highest BCUT2D eigenvalue weighted by atomic mass is 16.5. The molecule has 1 fully saturated rings. The van der Waals surface area contributed by atoms with E-state index >= 15 is 0 Å². The SMILES string of the molecule is CCOc1ccccc1C(C)(CC(=O)O)N1CCCC1. The molecule has 2 rings (SSSR count). The van der Waals surface area contributed by atoms with E-state index in [1.165, 1.54) is 0 Å². The molecule has 1 aliphatic heterocycles. The predicted molar refractivity (Wildman–Crippen MR) is 78.0 cm³/mol. The Hall–Kier alpha value is -1.55. The van der Waals surface area contributed by atoms with Gasteiger partial charge >= 0.3 is 5.97 Å². The number of hydrogen-bond donors (Lipinski definition) is 1. The molecule has 0 bridgehead atoms. The number of carboxylic acid groups (broad SMARTS) is 1. The molecule has 1 aromatic rings. The van der Waals surface area contributed by atoms with E-state index in [9.17, 15) is 9.90 Å². The van der Waals surface area contributed by atoms with E-state index in [1.54, 1.807) is 0 Å². The molecule has 0 aliphatic carbocycles. The van der Waals surface area contributed by atoms with Crippen molar-refractivity contribution in [1.82, 2.24) is 4.90 Å². The van der Waals surface area contributed by atoms with Gasteiger partial charge in [-0.3, -0.25) is 9.69 Å². The smallest absolute Gasteiger partial charge is 0.305 e. The maximum absolute atomic E-state index is 11.3. The van der Waals surface area contributed by atoms with E-state index in [0.717, 1.165) is 37.2 Å². The average Bonchev–Trinajstić information content (AvgIpc) is 2.93. The fraction of sp³-hybridized carbons (Fsp3) is 0.562. The van der Waals surface area contributed by atoms with Crippen molar-refractivity contribution in [3.63, 3.8) is 0 Å². The van der Waals surface area contributed by atoms with Crippen LogP contribution in [0, 0.1) is 0 Å². The van der Waals surface area contributed by atoms with Crippen LogP contribution in [0.25, 0.3) is 0 Å². The van der Waals surface area contributed by atoms with Gasteiger partial charge in [-0.25, -0.2) is 0 Å². The zero-order valence-corrected chi connectivity index (χ0v) is 12.3. The predicted octanol–water partition coefficient (Wildman–Crippen LogP) is 2.87. The van der Waals surface area contributed by atoms with Gasteiger partial charge in [0.05, 0.1) is 18.6 Å². The van der Waals surface area contributed by atoms with Crippen molar-refractivity contribution >= 4 is 5.97 Å². The number of carboxylic acids is 1. The van der Waals surface area contributed by atoms with Crippen molar-refractivity contribution in [2.75, 3.05) is 19.7 Å². The summed E-state index contributed by atoms with van der Waals surface area (Å²) in [4.78, 5) is 13.6. The molecule has 1 heterocycles. The van der Waals surface area contributed by atoms with Crippen LogP contribution in [0.1, 0.15) is 38.7 Å².